The number of rotatable bonds is 6. The summed E-state index contributed by atoms with van der Waals surface area (Å²) in [6, 6.07) is 8.60. The maximum atomic E-state index is 11.1. The molecule has 3 heteroatoms. The van der Waals surface area contributed by atoms with Crippen LogP contribution < -0.4 is 0 Å². The van der Waals surface area contributed by atoms with Crippen LogP contribution in [0.1, 0.15) is 30.9 Å². The van der Waals surface area contributed by atoms with E-state index in [4.69, 9.17) is 0 Å². The Morgan fingerprint density at radius 2 is 1.88 bits per heavy atom. The fourth-order valence-corrected chi connectivity index (χ4v) is 2.36. The first-order valence-corrected chi connectivity index (χ1v) is 6.86. The summed E-state index contributed by atoms with van der Waals surface area (Å²) in [5, 5.41) is 0. The Balaban J connectivity index is 2.48. The highest BCUT2D eigenvalue weighted by Gasteiger charge is 2.11. The second-order valence-corrected chi connectivity index (χ2v) is 5.44. The smallest absolute Gasteiger partial charge is 0.306 e. The second-order valence-electron chi connectivity index (χ2n) is 4.15. The predicted molar refractivity (Wildman–Crippen MR) is 73.5 cm³/mol. The average Bonchev–Trinajstić information content (AvgIpc) is 2.31. The van der Waals surface area contributed by atoms with Crippen molar-refractivity contribution in [3.63, 3.8) is 0 Å². The first-order chi connectivity index (χ1) is 8.15. The van der Waals surface area contributed by atoms with E-state index < -0.39 is 0 Å². The van der Waals surface area contributed by atoms with Gasteiger partial charge in [-0.2, -0.15) is 0 Å². The zero-order valence-electron chi connectivity index (χ0n) is 10.4. The van der Waals surface area contributed by atoms with Crippen molar-refractivity contribution in [3.8, 4) is 0 Å². The molecule has 0 N–H and O–H groups in total. The SMILES string of the molecule is CCCc1ccc(CC(Br)CC(=O)OC)cc1. The molecule has 94 valence electrons. The van der Waals surface area contributed by atoms with Gasteiger partial charge in [-0.15, -0.1) is 0 Å². The van der Waals surface area contributed by atoms with Crippen molar-refractivity contribution in [2.75, 3.05) is 7.11 Å². The fraction of sp³-hybridized carbons (Fsp3) is 0.500. The van der Waals surface area contributed by atoms with Crippen molar-refractivity contribution < 1.29 is 9.53 Å². The molecule has 0 spiro atoms. The Bertz CT molecular complexity index is 346. The number of carbonyl (C=O) groups excluding carboxylic acids is 1. The number of aryl methyl sites for hydroxylation is 1. The van der Waals surface area contributed by atoms with Crippen molar-refractivity contribution >= 4 is 21.9 Å². The van der Waals surface area contributed by atoms with Crippen molar-refractivity contribution in [2.45, 2.75) is 37.4 Å². The van der Waals surface area contributed by atoms with Crippen LogP contribution in [-0.4, -0.2) is 17.9 Å². The van der Waals surface area contributed by atoms with Crippen molar-refractivity contribution in [2.24, 2.45) is 0 Å². The number of halogens is 1. The zero-order valence-corrected chi connectivity index (χ0v) is 12.0. The maximum absolute atomic E-state index is 11.1. The van der Waals surface area contributed by atoms with E-state index in [1.54, 1.807) is 0 Å². The monoisotopic (exact) mass is 298 g/mol. The molecular weight excluding hydrogens is 280 g/mol. The number of carbonyl (C=O) groups is 1. The molecule has 0 heterocycles. The Kier molecular flexibility index (Phi) is 6.27. The second kappa shape index (κ2) is 7.49. The van der Waals surface area contributed by atoms with E-state index >= 15 is 0 Å². The summed E-state index contributed by atoms with van der Waals surface area (Å²) in [5.74, 6) is -0.172. The summed E-state index contributed by atoms with van der Waals surface area (Å²) in [5.41, 5.74) is 2.62. The number of hydrogen-bond donors (Lipinski definition) is 0. The number of methoxy groups -OCH3 is 1. The summed E-state index contributed by atoms with van der Waals surface area (Å²) in [4.78, 5) is 11.2. The molecule has 0 aliphatic carbocycles. The Labute approximate surface area is 111 Å². The minimum Gasteiger partial charge on any atom is -0.469 e. The van der Waals surface area contributed by atoms with E-state index in [1.807, 2.05) is 0 Å². The van der Waals surface area contributed by atoms with Gasteiger partial charge in [0.1, 0.15) is 0 Å². The lowest BCUT2D eigenvalue weighted by atomic mass is 10.0. The van der Waals surface area contributed by atoms with E-state index in [0.717, 1.165) is 12.8 Å². The molecule has 0 saturated carbocycles. The first-order valence-electron chi connectivity index (χ1n) is 5.94. The molecule has 1 aromatic rings. The van der Waals surface area contributed by atoms with Crippen LogP contribution in [0.5, 0.6) is 0 Å². The van der Waals surface area contributed by atoms with Crippen molar-refractivity contribution in [1.29, 1.82) is 0 Å². The molecule has 1 rings (SSSR count). The third-order valence-corrected chi connectivity index (χ3v) is 3.28. The summed E-state index contributed by atoms with van der Waals surface area (Å²) >= 11 is 3.50. The number of hydrogen-bond acceptors (Lipinski definition) is 2. The summed E-state index contributed by atoms with van der Waals surface area (Å²) in [7, 11) is 1.42. The summed E-state index contributed by atoms with van der Waals surface area (Å²) in [6.07, 6.45) is 3.55. The normalized spacial score (nSPS) is 12.2. The molecule has 0 aliphatic rings. The van der Waals surface area contributed by atoms with Crippen LogP contribution in [0.3, 0.4) is 0 Å². The molecule has 1 unspecified atom stereocenters. The van der Waals surface area contributed by atoms with Crippen LogP contribution in [0.15, 0.2) is 24.3 Å². The number of benzene rings is 1. The Morgan fingerprint density at radius 3 is 2.41 bits per heavy atom. The van der Waals surface area contributed by atoms with Gasteiger partial charge in [-0.05, 0) is 24.0 Å². The van der Waals surface area contributed by atoms with Crippen LogP contribution in [0.25, 0.3) is 0 Å². The topological polar surface area (TPSA) is 26.3 Å². The standard InChI is InChI=1S/C14H19BrO2/c1-3-4-11-5-7-12(8-6-11)9-13(15)10-14(16)17-2/h5-8,13H,3-4,9-10H2,1-2H3. The van der Waals surface area contributed by atoms with E-state index in [2.05, 4.69) is 51.9 Å². The van der Waals surface area contributed by atoms with Gasteiger partial charge >= 0.3 is 5.97 Å². The highest BCUT2D eigenvalue weighted by Crippen LogP contribution is 2.15. The van der Waals surface area contributed by atoms with Gasteiger partial charge < -0.3 is 4.74 Å². The van der Waals surface area contributed by atoms with Gasteiger partial charge in [0.05, 0.1) is 13.5 Å². The Hall–Kier alpha value is -0.830. The average molecular weight is 299 g/mol. The van der Waals surface area contributed by atoms with E-state index in [0.29, 0.717) is 6.42 Å². The third kappa shape index (κ3) is 5.35. The third-order valence-electron chi connectivity index (χ3n) is 2.63. The van der Waals surface area contributed by atoms with Gasteiger partial charge in [-0.25, -0.2) is 0 Å². The zero-order chi connectivity index (χ0) is 12.7. The lowest BCUT2D eigenvalue weighted by Crippen LogP contribution is -2.11. The fourth-order valence-electron chi connectivity index (χ4n) is 1.72. The van der Waals surface area contributed by atoms with Crippen molar-refractivity contribution in [1.82, 2.24) is 0 Å². The Morgan fingerprint density at radius 1 is 1.29 bits per heavy atom. The number of ether oxygens (including phenoxy) is 1. The molecule has 0 fully saturated rings. The van der Waals surface area contributed by atoms with Gasteiger partial charge in [0.25, 0.3) is 0 Å². The van der Waals surface area contributed by atoms with Gasteiger partial charge in [-0.3, -0.25) is 4.79 Å². The molecule has 1 aromatic carbocycles. The molecule has 2 nitrogen and oxygen atoms in total. The summed E-state index contributed by atoms with van der Waals surface area (Å²) < 4.78 is 4.64. The van der Waals surface area contributed by atoms with E-state index in [-0.39, 0.29) is 10.8 Å². The minimum atomic E-state index is -0.172. The molecule has 0 aliphatic heterocycles. The van der Waals surface area contributed by atoms with Crippen molar-refractivity contribution in [3.05, 3.63) is 35.4 Å². The van der Waals surface area contributed by atoms with Crippen LogP contribution in [0.2, 0.25) is 0 Å². The van der Waals surface area contributed by atoms with Gasteiger partial charge in [0.15, 0.2) is 0 Å². The molecule has 1 atom stereocenters. The van der Waals surface area contributed by atoms with Crippen LogP contribution in [-0.2, 0) is 22.4 Å². The van der Waals surface area contributed by atoms with Crippen LogP contribution in [0, 0.1) is 0 Å². The van der Waals surface area contributed by atoms with Crippen LogP contribution >= 0.6 is 15.9 Å². The number of esters is 1. The van der Waals surface area contributed by atoms with E-state index in [1.165, 1.54) is 24.7 Å². The highest BCUT2D eigenvalue weighted by atomic mass is 79.9. The maximum Gasteiger partial charge on any atom is 0.306 e. The largest absolute Gasteiger partial charge is 0.469 e. The molecule has 0 aromatic heterocycles. The van der Waals surface area contributed by atoms with Gasteiger partial charge in [-0.1, -0.05) is 53.5 Å². The lowest BCUT2D eigenvalue weighted by molar-refractivity contribution is -0.140. The lowest BCUT2D eigenvalue weighted by Gasteiger charge is -2.09. The minimum absolute atomic E-state index is 0.145. The van der Waals surface area contributed by atoms with Gasteiger partial charge in [0.2, 0.25) is 0 Å². The molecule has 0 bridgehead atoms. The van der Waals surface area contributed by atoms with Crippen LogP contribution in [0.4, 0.5) is 0 Å². The number of alkyl halides is 1. The predicted octanol–water partition coefficient (Wildman–Crippen LogP) is 3.51. The highest BCUT2D eigenvalue weighted by molar-refractivity contribution is 9.09. The molecule has 0 amide bonds. The molecular formula is C14H19BrO2. The summed E-state index contributed by atoms with van der Waals surface area (Å²) in [6.45, 7) is 2.18. The molecule has 0 saturated heterocycles. The van der Waals surface area contributed by atoms with E-state index in [9.17, 15) is 4.79 Å². The molecule has 17 heavy (non-hydrogen) atoms. The quantitative estimate of drug-likeness (QED) is 0.593. The first kappa shape index (κ1) is 14.2. The molecule has 0 radical (unpaired) electrons. The van der Waals surface area contributed by atoms with Gasteiger partial charge in [0, 0.05) is 4.83 Å².